The third kappa shape index (κ3) is 36.2. The van der Waals surface area contributed by atoms with Gasteiger partial charge in [0.1, 0.15) is 6.23 Å². The highest BCUT2D eigenvalue weighted by Gasteiger charge is 2.22. The molecule has 0 aliphatic heterocycles. The number of carbonyl (C=O) groups is 1. The SMILES string of the molecule is CCCCCCCCC(CCCCCC)CNC(=O)CCCCCC(CCCCCC(O)NCC(CCCCCC)CCCCCCCC)CCN(CCO)C1CCCCC1. The number of hydrogen-bond acceptors (Lipinski definition) is 5. The summed E-state index contributed by atoms with van der Waals surface area (Å²) >= 11 is 0. The lowest BCUT2D eigenvalue weighted by molar-refractivity contribution is -0.121. The molecule has 0 heterocycles. The molecule has 0 aromatic rings. The van der Waals surface area contributed by atoms with Gasteiger partial charge in [0.2, 0.25) is 5.91 Å². The summed E-state index contributed by atoms with van der Waals surface area (Å²) in [6.07, 6.45) is 50.3. The molecular weight excluding hydrogens is 751 g/mol. The second kappa shape index (κ2) is 44.5. The van der Waals surface area contributed by atoms with Crippen molar-refractivity contribution in [2.75, 3.05) is 32.8 Å². The van der Waals surface area contributed by atoms with E-state index in [0.29, 0.717) is 30.2 Å². The number of nitrogens with one attached hydrogen (secondary N) is 2. The second-order valence-corrected chi connectivity index (χ2v) is 20.2. The Morgan fingerprint density at radius 1 is 0.492 bits per heavy atom. The average Bonchev–Trinajstić information content (AvgIpc) is 3.27. The summed E-state index contributed by atoms with van der Waals surface area (Å²) in [7, 11) is 0. The van der Waals surface area contributed by atoms with Gasteiger partial charge in [0, 0.05) is 32.1 Å². The highest BCUT2D eigenvalue weighted by Crippen LogP contribution is 2.27. The van der Waals surface area contributed by atoms with E-state index in [0.717, 1.165) is 51.9 Å². The normalized spacial score (nSPS) is 15.7. The van der Waals surface area contributed by atoms with Crippen molar-refractivity contribution in [3.05, 3.63) is 0 Å². The van der Waals surface area contributed by atoms with Crippen molar-refractivity contribution < 1.29 is 15.0 Å². The van der Waals surface area contributed by atoms with E-state index in [1.165, 1.54) is 225 Å². The summed E-state index contributed by atoms with van der Waals surface area (Å²) in [6.45, 7) is 13.2. The fourth-order valence-electron chi connectivity index (χ4n) is 10.3. The summed E-state index contributed by atoms with van der Waals surface area (Å²) in [5.74, 6) is 2.31. The quantitative estimate of drug-likeness (QED) is 0.0362. The molecule has 6 heteroatoms. The van der Waals surface area contributed by atoms with Crippen LogP contribution in [0.15, 0.2) is 0 Å². The molecule has 1 amide bonds. The van der Waals surface area contributed by atoms with Crippen molar-refractivity contribution in [3.8, 4) is 0 Å². The van der Waals surface area contributed by atoms with Gasteiger partial charge in [-0.25, -0.2) is 0 Å². The number of nitrogens with zero attached hydrogens (tertiary/aromatic N) is 1. The monoisotopic (exact) mass is 862 g/mol. The van der Waals surface area contributed by atoms with Gasteiger partial charge in [0.05, 0.1) is 6.61 Å². The molecule has 1 fully saturated rings. The third-order valence-corrected chi connectivity index (χ3v) is 14.5. The predicted octanol–water partition coefficient (Wildman–Crippen LogP) is 15.2. The molecule has 0 saturated heterocycles. The summed E-state index contributed by atoms with van der Waals surface area (Å²) in [6, 6.07) is 0.650. The fraction of sp³-hybridized carbons (Fsp3) is 0.982. The van der Waals surface area contributed by atoms with Crippen molar-refractivity contribution in [1.29, 1.82) is 0 Å². The van der Waals surface area contributed by atoms with Crippen molar-refractivity contribution in [3.63, 3.8) is 0 Å². The van der Waals surface area contributed by atoms with Crippen molar-refractivity contribution in [2.45, 2.75) is 297 Å². The zero-order valence-corrected chi connectivity index (χ0v) is 42.0. The molecule has 364 valence electrons. The molecule has 0 spiro atoms. The van der Waals surface area contributed by atoms with E-state index in [1.807, 2.05) is 0 Å². The maximum Gasteiger partial charge on any atom is 0.220 e. The molecule has 4 unspecified atom stereocenters. The van der Waals surface area contributed by atoms with Gasteiger partial charge in [-0.1, -0.05) is 214 Å². The van der Waals surface area contributed by atoms with Crippen LogP contribution in [-0.2, 0) is 4.79 Å². The molecule has 61 heavy (non-hydrogen) atoms. The lowest BCUT2D eigenvalue weighted by atomic mass is 9.90. The Hall–Kier alpha value is -0.690. The predicted molar refractivity (Wildman–Crippen MR) is 267 cm³/mol. The molecule has 1 aliphatic carbocycles. The molecule has 1 aliphatic rings. The fourth-order valence-corrected chi connectivity index (χ4v) is 10.3. The zero-order valence-electron chi connectivity index (χ0n) is 42.0. The second-order valence-electron chi connectivity index (χ2n) is 20.2. The third-order valence-electron chi connectivity index (χ3n) is 14.5. The number of carbonyl (C=O) groups excluding carboxylic acids is 1. The van der Waals surface area contributed by atoms with Gasteiger partial charge in [-0.05, 0) is 88.5 Å². The first-order valence-corrected chi connectivity index (χ1v) is 28.0. The Labute approximate surface area is 382 Å². The topological polar surface area (TPSA) is 84.8 Å². The van der Waals surface area contributed by atoms with Gasteiger partial charge in [0.15, 0.2) is 0 Å². The molecule has 0 aromatic heterocycles. The maximum absolute atomic E-state index is 13.0. The lowest BCUT2D eigenvalue weighted by Gasteiger charge is -2.35. The number of rotatable bonds is 47. The van der Waals surface area contributed by atoms with E-state index in [9.17, 15) is 15.0 Å². The molecule has 0 radical (unpaired) electrons. The molecule has 6 nitrogen and oxygen atoms in total. The number of amides is 1. The smallest absolute Gasteiger partial charge is 0.220 e. The summed E-state index contributed by atoms with van der Waals surface area (Å²) in [5, 5.41) is 27.8. The molecule has 4 atom stereocenters. The molecular formula is C55H111N3O3. The Morgan fingerprint density at radius 3 is 1.41 bits per heavy atom. The van der Waals surface area contributed by atoms with Crippen LogP contribution >= 0.6 is 0 Å². The minimum Gasteiger partial charge on any atom is -0.395 e. The first-order chi connectivity index (χ1) is 30.0. The van der Waals surface area contributed by atoms with Gasteiger partial charge < -0.3 is 15.5 Å². The molecule has 4 N–H and O–H groups in total. The first-order valence-electron chi connectivity index (χ1n) is 28.0. The van der Waals surface area contributed by atoms with Crippen LogP contribution in [0, 0.1) is 17.8 Å². The van der Waals surface area contributed by atoms with E-state index in [-0.39, 0.29) is 18.7 Å². The van der Waals surface area contributed by atoms with Crippen LogP contribution in [0.2, 0.25) is 0 Å². The molecule has 1 rings (SSSR count). The number of hydrogen-bond donors (Lipinski definition) is 4. The standard InChI is InChI=1S/C55H111N3O3/c1-5-9-13-17-19-26-38-51(36-24-15-11-7-3)48-56-54(60)42-32-21-28-34-50(44-45-58(46-47-59)53-40-30-23-31-41-53)35-29-22-33-43-55(61)57-49-52(37-25-16-12-8-4)39-27-20-18-14-10-6-2/h50-54,56,59-60H,5-49H2,1-4H3,(H,57,61). The zero-order chi connectivity index (χ0) is 44.3. The summed E-state index contributed by atoms with van der Waals surface area (Å²) in [4.78, 5) is 15.6. The highest BCUT2D eigenvalue weighted by atomic mass is 16.3. The molecule has 0 aromatic carbocycles. The van der Waals surface area contributed by atoms with Crippen LogP contribution in [0.3, 0.4) is 0 Å². The summed E-state index contributed by atoms with van der Waals surface area (Å²) < 4.78 is 0. The van der Waals surface area contributed by atoms with Gasteiger partial charge in [0.25, 0.3) is 0 Å². The van der Waals surface area contributed by atoms with Crippen LogP contribution in [0.25, 0.3) is 0 Å². The van der Waals surface area contributed by atoms with Gasteiger partial charge >= 0.3 is 0 Å². The highest BCUT2D eigenvalue weighted by molar-refractivity contribution is 5.75. The van der Waals surface area contributed by atoms with Gasteiger partial charge in [-0.15, -0.1) is 0 Å². The Balaban J connectivity index is 2.54. The largest absolute Gasteiger partial charge is 0.395 e. The Kier molecular flexibility index (Phi) is 42.6. The summed E-state index contributed by atoms with van der Waals surface area (Å²) in [5.41, 5.74) is 0. The van der Waals surface area contributed by atoms with E-state index in [2.05, 4.69) is 43.2 Å². The van der Waals surface area contributed by atoms with Crippen molar-refractivity contribution in [2.24, 2.45) is 17.8 Å². The van der Waals surface area contributed by atoms with E-state index in [4.69, 9.17) is 0 Å². The number of unbranched alkanes of at least 4 members (excludes halogenated alkanes) is 20. The van der Waals surface area contributed by atoms with Gasteiger partial charge in [-0.3, -0.25) is 15.0 Å². The molecule has 0 bridgehead atoms. The Bertz CT molecular complexity index is 898. The van der Waals surface area contributed by atoms with E-state index < -0.39 is 0 Å². The van der Waals surface area contributed by atoms with E-state index in [1.54, 1.807) is 0 Å². The van der Waals surface area contributed by atoms with Crippen LogP contribution in [0.5, 0.6) is 0 Å². The maximum atomic E-state index is 13.0. The Morgan fingerprint density at radius 2 is 0.902 bits per heavy atom. The van der Waals surface area contributed by atoms with Crippen molar-refractivity contribution in [1.82, 2.24) is 15.5 Å². The van der Waals surface area contributed by atoms with Gasteiger partial charge in [-0.2, -0.15) is 0 Å². The number of aliphatic hydroxyl groups excluding tert-OH is 2. The van der Waals surface area contributed by atoms with Crippen LogP contribution < -0.4 is 10.6 Å². The minimum atomic E-state index is -0.379. The van der Waals surface area contributed by atoms with Crippen LogP contribution in [0.1, 0.15) is 285 Å². The van der Waals surface area contributed by atoms with E-state index >= 15 is 0 Å². The lowest BCUT2D eigenvalue weighted by Crippen LogP contribution is -2.40. The van der Waals surface area contributed by atoms with Crippen molar-refractivity contribution >= 4 is 5.91 Å². The van der Waals surface area contributed by atoms with Crippen LogP contribution in [0.4, 0.5) is 0 Å². The number of aliphatic hydroxyl groups is 2. The first kappa shape index (κ1) is 58.3. The minimum absolute atomic E-state index is 0.261. The average molecular weight is 863 g/mol. The van der Waals surface area contributed by atoms with Crippen LogP contribution in [-0.4, -0.2) is 66.1 Å². The molecule has 1 saturated carbocycles.